The zero-order valence-corrected chi connectivity index (χ0v) is 21.6. The first-order valence-corrected chi connectivity index (χ1v) is 12.8. The maximum atomic E-state index is 13.7. The highest BCUT2D eigenvalue weighted by Gasteiger charge is 2.30. The van der Waals surface area contributed by atoms with Crippen molar-refractivity contribution in [1.82, 2.24) is 9.73 Å². The van der Waals surface area contributed by atoms with Crippen LogP contribution in [0.5, 0.6) is 0 Å². The van der Waals surface area contributed by atoms with Crippen molar-refractivity contribution in [3.8, 4) is 0 Å². The van der Waals surface area contributed by atoms with E-state index >= 15 is 0 Å². The van der Waals surface area contributed by atoms with Gasteiger partial charge in [-0.15, -0.1) is 0 Å². The number of hydrogen-bond donors (Lipinski definition) is 2. The summed E-state index contributed by atoms with van der Waals surface area (Å²) in [6.07, 6.45) is 1.34. The number of carbonyl (C=O) groups excluding carboxylic acids is 1. The predicted octanol–water partition coefficient (Wildman–Crippen LogP) is 4.30. The third-order valence-electron chi connectivity index (χ3n) is 5.36. The van der Waals surface area contributed by atoms with Gasteiger partial charge in [-0.2, -0.15) is 9.41 Å². The average molecular weight is 528 g/mol. The standard InChI is InChI=1S/C26H26ClN3O5S/c1-17-12-18(2)25(19(3)13-17)36(34,35)30(15-21-6-10-23(27)11-7-21)16-24(31)29-28-14-20-4-8-22(9-5-20)26(32)33/h4-14H,15-16H2,1-3H3,(H,29,31)(H,32,33)/b28-14+. The van der Waals surface area contributed by atoms with Gasteiger partial charge in [0.05, 0.1) is 23.2 Å². The molecule has 0 aliphatic heterocycles. The van der Waals surface area contributed by atoms with E-state index in [1.165, 1.54) is 18.3 Å². The zero-order chi connectivity index (χ0) is 26.5. The van der Waals surface area contributed by atoms with Gasteiger partial charge in [-0.25, -0.2) is 18.6 Å². The van der Waals surface area contributed by atoms with Gasteiger partial charge in [-0.1, -0.05) is 53.6 Å². The molecule has 0 aromatic heterocycles. The maximum Gasteiger partial charge on any atom is 0.335 e. The number of rotatable bonds is 9. The Hall–Kier alpha value is -3.53. The van der Waals surface area contributed by atoms with Crippen molar-refractivity contribution < 1.29 is 23.1 Å². The van der Waals surface area contributed by atoms with Gasteiger partial charge >= 0.3 is 5.97 Å². The molecule has 10 heteroatoms. The van der Waals surface area contributed by atoms with Crippen LogP contribution < -0.4 is 5.43 Å². The molecule has 188 valence electrons. The molecule has 0 fully saturated rings. The van der Waals surface area contributed by atoms with Gasteiger partial charge in [0.25, 0.3) is 5.91 Å². The fraction of sp³-hybridized carbons (Fsp3) is 0.192. The van der Waals surface area contributed by atoms with Crippen LogP contribution in [0, 0.1) is 20.8 Å². The molecule has 0 radical (unpaired) electrons. The fourth-order valence-electron chi connectivity index (χ4n) is 3.81. The smallest absolute Gasteiger partial charge is 0.335 e. The summed E-state index contributed by atoms with van der Waals surface area (Å²) in [5.41, 5.74) is 5.83. The first-order chi connectivity index (χ1) is 17.0. The highest BCUT2D eigenvalue weighted by atomic mass is 35.5. The second kappa shape index (κ2) is 11.5. The molecular formula is C26H26ClN3O5S. The fourth-order valence-corrected chi connectivity index (χ4v) is 5.73. The maximum absolute atomic E-state index is 13.7. The predicted molar refractivity (Wildman–Crippen MR) is 139 cm³/mol. The van der Waals surface area contributed by atoms with Crippen LogP contribution in [0.2, 0.25) is 5.02 Å². The molecule has 3 aromatic carbocycles. The molecule has 2 N–H and O–H groups in total. The minimum atomic E-state index is -4.04. The number of nitrogens with zero attached hydrogens (tertiary/aromatic N) is 2. The van der Waals surface area contributed by atoms with E-state index in [-0.39, 0.29) is 17.0 Å². The van der Waals surface area contributed by atoms with E-state index in [2.05, 4.69) is 10.5 Å². The number of nitrogens with one attached hydrogen (secondary N) is 1. The molecule has 3 rings (SSSR count). The molecule has 0 aliphatic carbocycles. The average Bonchev–Trinajstić information content (AvgIpc) is 2.79. The lowest BCUT2D eigenvalue weighted by atomic mass is 10.1. The van der Waals surface area contributed by atoms with Crippen LogP contribution in [0.4, 0.5) is 0 Å². The zero-order valence-electron chi connectivity index (χ0n) is 20.0. The number of aryl methyl sites for hydroxylation is 3. The molecular weight excluding hydrogens is 502 g/mol. The van der Waals surface area contributed by atoms with E-state index in [1.54, 1.807) is 62.4 Å². The third kappa shape index (κ3) is 6.78. The van der Waals surface area contributed by atoms with Crippen LogP contribution in [0.25, 0.3) is 0 Å². The van der Waals surface area contributed by atoms with Crippen molar-refractivity contribution in [2.75, 3.05) is 6.54 Å². The van der Waals surface area contributed by atoms with Crippen molar-refractivity contribution in [3.05, 3.63) is 99.1 Å². The second-order valence-electron chi connectivity index (χ2n) is 8.35. The van der Waals surface area contributed by atoms with Crippen molar-refractivity contribution in [2.45, 2.75) is 32.2 Å². The largest absolute Gasteiger partial charge is 0.478 e. The van der Waals surface area contributed by atoms with E-state index in [0.29, 0.717) is 27.3 Å². The summed E-state index contributed by atoms with van der Waals surface area (Å²) < 4.78 is 28.5. The van der Waals surface area contributed by atoms with Crippen LogP contribution in [0.3, 0.4) is 0 Å². The molecule has 1 amide bonds. The molecule has 0 unspecified atom stereocenters. The van der Waals surface area contributed by atoms with Crippen LogP contribution in [0.1, 0.15) is 38.2 Å². The van der Waals surface area contributed by atoms with Gasteiger partial charge in [0, 0.05) is 11.6 Å². The Balaban J connectivity index is 1.84. The second-order valence-corrected chi connectivity index (χ2v) is 10.7. The van der Waals surface area contributed by atoms with Crippen LogP contribution >= 0.6 is 11.6 Å². The van der Waals surface area contributed by atoms with Crippen LogP contribution in [-0.2, 0) is 21.4 Å². The molecule has 0 aliphatic rings. The molecule has 8 nitrogen and oxygen atoms in total. The van der Waals surface area contributed by atoms with Gasteiger partial charge in [-0.05, 0) is 67.3 Å². The SMILES string of the molecule is Cc1cc(C)c(S(=O)(=O)N(CC(=O)N/N=C/c2ccc(C(=O)O)cc2)Cc2ccc(Cl)cc2)c(C)c1. The topological polar surface area (TPSA) is 116 Å². The molecule has 0 bridgehead atoms. The number of benzene rings is 3. The first-order valence-electron chi connectivity index (χ1n) is 10.9. The summed E-state index contributed by atoms with van der Waals surface area (Å²) in [4.78, 5) is 23.8. The van der Waals surface area contributed by atoms with E-state index in [9.17, 15) is 18.0 Å². The number of aromatic carboxylic acids is 1. The number of halogens is 1. The summed E-state index contributed by atoms with van der Waals surface area (Å²) in [5, 5.41) is 13.4. The number of carbonyl (C=O) groups is 2. The van der Waals surface area contributed by atoms with Crippen molar-refractivity contribution in [1.29, 1.82) is 0 Å². The molecule has 36 heavy (non-hydrogen) atoms. The van der Waals surface area contributed by atoms with Crippen molar-refractivity contribution in [2.24, 2.45) is 5.10 Å². The Morgan fingerprint density at radius 1 is 1.00 bits per heavy atom. The van der Waals surface area contributed by atoms with Gasteiger partial charge in [-0.3, -0.25) is 4.79 Å². The summed E-state index contributed by atoms with van der Waals surface area (Å²) in [7, 11) is -4.04. The van der Waals surface area contributed by atoms with Crippen LogP contribution in [0.15, 0.2) is 70.7 Å². The quantitative estimate of drug-likeness (QED) is 0.318. The lowest BCUT2D eigenvalue weighted by molar-refractivity contribution is -0.121. The highest BCUT2D eigenvalue weighted by molar-refractivity contribution is 7.89. The highest BCUT2D eigenvalue weighted by Crippen LogP contribution is 2.26. The number of sulfonamides is 1. The van der Waals surface area contributed by atoms with E-state index < -0.39 is 28.4 Å². The number of hydrazone groups is 1. The lowest BCUT2D eigenvalue weighted by Crippen LogP contribution is -2.39. The lowest BCUT2D eigenvalue weighted by Gasteiger charge is -2.24. The van der Waals surface area contributed by atoms with E-state index in [4.69, 9.17) is 16.7 Å². The Labute approximate surface area is 215 Å². The van der Waals surface area contributed by atoms with Gasteiger partial charge in [0.1, 0.15) is 0 Å². The first kappa shape index (κ1) is 27.1. The van der Waals surface area contributed by atoms with E-state index in [0.717, 1.165) is 9.87 Å². The molecule has 0 heterocycles. The summed E-state index contributed by atoms with van der Waals surface area (Å²) in [6.45, 7) is 4.84. The number of hydrogen-bond acceptors (Lipinski definition) is 5. The molecule has 3 aromatic rings. The summed E-state index contributed by atoms with van der Waals surface area (Å²) >= 11 is 5.97. The number of carboxylic acids is 1. The summed E-state index contributed by atoms with van der Waals surface area (Å²) in [6, 6.07) is 16.2. The van der Waals surface area contributed by atoms with Gasteiger partial charge < -0.3 is 5.11 Å². The molecule has 0 saturated carbocycles. The molecule has 0 saturated heterocycles. The minimum absolute atomic E-state index is 0.0416. The Morgan fingerprint density at radius 2 is 1.58 bits per heavy atom. The van der Waals surface area contributed by atoms with E-state index in [1.807, 2.05) is 6.92 Å². The normalized spacial score (nSPS) is 11.7. The monoisotopic (exact) mass is 527 g/mol. The van der Waals surface area contributed by atoms with Crippen molar-refractivity contribution >= 4 is 39.7 Å². The Morgan fingerprint density at radius 3 is 2.14 bits per heavy atom. The number of amides is 1. The third-order valence-corrected chi connectivity index (χ3v) is 7.71. The molecule has 0 spiro atoms. The van der Waals surface area contributed by atoms with Gasteiger partial charge in [0.2, 0.25) is 10.0 Å². The summed E-state index contributed by atoms with van der Waals surface area (Å²) in [5.74, 6) is -1.68. The number of carboxylic acid groups (broad SMARTS) is 1. The Bertz CT molecular complexity index is 1380. The molecule has 0 atom stereocenters. The van der Waals surface area contributed by atoms with Crippen molar-refractivity contribution in [3.63, 3.8) is 0 Å². The Kier molecular flexibility index (Phi) is 8.62. The van der Waals surface area contributed by atoms with Gasteiger partial charge in [0.15, 0.2) is 0 Å². The van der Waals surface area contributed by atoms with Crippen LogP contribution in [-0.4, -0.2) is 42.5 Å². The minimum Gasteiger partial charge on any atom is -0.478 e.